The molecule has 1 saturated heterocycles. The van der Waals surface area contributed by atoms with Gasteiger partial charge >= 0.3 is 0 Å². The quantitative estimate of drug-likeness (QED) is 0.552. The first-order chi connectivity index (χ1) is 13.9. The number of amides is 1. The van der Waals surface area contributed by atoms with Gasteiger partial charge in [0, 0.05) is 38.8 Å². The molecule has 0 unspecified atom stereocenters. The molecule has 1 aromatic heterocycles. The van der Waals surface area contributed by atoms with Crippen molar-refractivity contribution in [2.75, 3.05) is 18.1 Å². The largest absolute Gasteiger partial charge is 0.284 e. The monoisotopic (exact) mass is 514 g/mol. The lowest BCUT2D eigenvalue weighted by Crippen LogP contribution is -2.48. The van der Waals surface area contributed by atoms with Gasteiger partial charge < -0.3 is 0 Å². The first-order valence-electron chi connectivity index (χ1n) is 9.56. The van der Waals surface area contributed by atoms with E-state index in [0.717, 1.165) is 41.0 Å². The summed E-state index contributed by atoms with van der Waals surface area (Å²) < 4.78 is 1.01. The number of carbonyl (C=O) groups is 1. The van der Waals surface area contributed by atoms with E-state index in [1.54, 1.807) is 23.5 Å². The fraction of sp³-hybridized carbons (Fsp3) is 0.400. The molecule has 1 fully saturated rings. The van der Waals surface area contributed by atoms with Gasteiger partial charge in [-0.2, -0.15) is 5.10 Å². The van der Waals surface area contributed by atoms with Crippen LogP contribution >= 0.6 is 50.5 Å². The van der Waals surface area contributed by atoms with Crippen LogP contribution in [0.1, 0.15) is 37.1 Å². The van der Waals surface area contributed by atoms with Crippen LogP contribution in [0.25, 0.3) is 0 Å². The number of halogens is 3. The second kappa shape index (κ2) is 8.94. The van der Waals surface area contributed by atoms with Crippen molar-refractivity contribution in [3.8, 4) is 0 Å². The zero-order valence-corrected chi connectivity index (χ0v) is 19.8. The number of thiophene rings is 1. The van der Waals surface area contributed by atoms with Crippen molar-refractivity contribution >= 4 is 67.8 Å². The van der Waals surface area contributed by atoms with Crippen molar-refractivity contribution < 1.29 is 4.79 Å². The third kappa shape index (κ3) is 4.49. The Morgan fingerprint density at radius 3 is 2.66 bits per heavy atom. The molecule has 3 heterocycles. The molecule has 0 aliphatic carbocycles. The van der Waals surface area contributed by atoms with Gasteiger partial charge in [0.2, 0.25) is 0 Å². The number of rotatable bonds is 4. The van der Waals surface area contributed by atoms with Gasteiger partial charge in [-0.3, -0.25) is 15.2 Å². The SMILES string of the molecule is C[C@H]1C(C(=O)NN2CCCCC2)=NN(c2ccc(Cl)cc2Cl)[C@H]1c1cc(Br)cs1. The van der Waals surface area contributed by atoms with Gasteiger partial charge in [-0.15, -0.1) is 11.3 Å². The fourth-order valence-corrected chi connectivity index (χ4v) is 5.94. The Kier molecular flexibility index (Phi) is 6.51. The third-order valence-electron chi connectivity index (χ3n) is 5.27. The maximum absolute atomic E-state index is 13.1. The van der Waals surface area contributed by atoms with Crippen molar-refractivity contribution in [1.82, 2.24) is 10.4 Å². The number of hydrogen-bond acceptors (Lipinski definition) is 5. The van der Waals surface area contributed by atoms with Crippen LogP contribution in [-0.2, 0) is 4.79 Å². The van der Waals surface area contributed by atoms with E-state index in [9.17, 15) is 4.79 Å². The molecule has 1 amide bonds. The first kappa shape index (κ1) is 21.1. The fourth-order valence-electron chi connectivity index (χ4n) is 3.81. The zero-order valence-electron chi connectivity index (χ0n) is 15.9. The molecular weight excluding hydrogens is 495 g/mol. The molecule has 5 nitrogen and oxygen atoms in total. The van der Waals surface area contributed by atoms with Crippen LogP contribution < -0.4 is 10.4 Å². The van der Waals surface area contributed by atoms with E-state index in [0.29, 0.717) is 15.8 Å². The second-order valence-electron chi connectivity index (χ2n) is 7.31. The maximum Gasteiger partial charge on any atom is 0.282 e. The molecule has 2 aliphatic heterocycles. The third-order valence-corrected chi connectivity index (χ3v) is 7.57. The van der Waals surface area contributed by atoms with Crippen LogP contribution in [0.3, 0.4) is 0 Å². The molecule has 1 aromatic carbocycles. The number of nitrogens with one attached hydrogen (secondary N) is 1. The van der Waals surface area contributed by atoms with Crippen molar-refractivity contribution in [3.63, 3.8) is 0 Å². The summed E-state index contributed by atoms with van der Waals surface area (Å²) in [5.74, 6) is -0.246. The number of hydrogen-bond donors (Lipinski definition) is 1. The van der Waals surface area contributed by atoms with Crippen molar-refractivity contribution in [2.24, 2.45) is 11.0 Å². The van der Waals surface area contributed by atoms with Gasteiger partial charge in [-0.25, -0.2) is 5.01 Å². The van der Waals surface area contributed by atoms with Gasteiger partial charge in [0.05, 0.1) is 16.8 Å². The molecule has 0 bridgehead atoms. The lowest BCUT2D eigenvalue weighted by atomic mass is 9.95. The van der Waals surface area contributed by atoms with Gasteiger partial charge in [0.1, 0.15) is 5.71 Å². The molecular formula is C20H21BrCl2N4OS. The Morgan fingerprint density at radius 1 is 1.24 bits per heavy atom. The Balaban J connectivity index is 1.67. The van der Waals surface area contributed by atoms with E-state index in [-0.39, 0.29) is 17.9 Å². The Labute approximate surface area is 192 Å². The minimum Gasteiger partial charge on any atom is -0.284 e. The van der Waals surface area contributed by atoms with Crippen LogP contribution in [0.4, 0.5) is 5.69 Å². The van der Waals surface area contributed by atoms with Gasteiger partial charge in [0.15, 0.2) is 0 Å². The van der Waals surface area contributed by atoms with Gasteiger partial charge in [-0.1, -0.05) is 36.5 Å². The average molecular weight is 516 g/mol. The summed E-state index contributed by atoms with van der Waals surface area (Å²) in [6.45, 7) is 3.79. The minimum atomic E-state index is -0.146. The number of hydrazone groups is 1. The summed E-state index contributed by atoms with van der Waals surface area (Å²) in [5, 5.41) is 11.7. The first-order valence-corrected chi connectivity index (χ1v) is 12.0. The predicted octanol–water partition coefficient (Wildman–Crippen LogP) is 5.89. The summed E-state index contributed by atoms with van der Waals surface area (Å²) in [4.78, 5) is 14.2. The van der Waals surface area contributed by atoms with E-state index in [2.05, 4.69) is 27.4 Å². The Bertz CT molecular complexity index is 944. The van der Waals surface area contributed by atoms with Gasteiger partial charge in [-0.05, 0) is 53.0 Å². The number of nitrogens with zero attached hydrogens (tertiary/aromatic N) is 3. The molecule has 0 radical (unpaired) electrons. The lowest BCUT2D eigenvalue weighted by molar-refractivity contribution is -0.120. The van der Waals surface area contributed by atoms with E-state index in [1.807, 2.05) is 28.4 Å². The standard InChI is InChI=1S/C20H21BrCl2N4OS/c1-12-18(20(28)25-26-7-3-2-4-8-26)24-27(16-6-5-14(22)10-15(16)23)19(12)17-9-13(21)11-29-17/h5-6,9-12,19H,2-4,7-8H2,1H3,(H,25,28)/t12-,19+/m0/s1. The molecule has 1 N–H and O–H groups in total. The summed E-state index contributed by atoms with van der Waals surface area (Å²) in [7, 11) is 0. The molecule has 2 atom stereocenters. The van der Waals surface area contributed by atoms with Crippen LogP contribution in [0.5, 0.6) is 0 Å². The molecule has 2 aromatic rings. The van der Waals surface area contributed by atoms with E-state index >= 15 is 0 Å². The molecule has 154 valence electrons. The molecule has 0 spiro atoms. The summed E-state index contributed by atoms with van der Waals surface area (Å²) in [6, 6.07) is 7.29. The number of carbonyl (C=O) groups excluding carboxylic acids is 1. The summed E-state index contributed by atoms with van der Waals surface area (Å²) in [5.41, 5.74) is 4.29. The minimum absolute atomic E-state index is 0.0999. The van der Waals surface area contributed by atoms with E-state index in [1.165, 1.54) is 6.42 Å². The molecule has 9 heteroatoms. The highest BCUT2D eigenvalue weighted by Crippen LogP contribution is 2.44. The Hall–Kier alpha value is -1.12. The summed E-state index contributed by atoms with van der Waals surface area (Å²) in [6.07, 6.45) is 3.41. The lowest BCUT2D eigenvalue weighted by Gasteiger charge is -2.27. The predicted molar refractivity (Wildman–Crippen MR) is 124 cm³/mol. The highest BCUT2D eigenvalue weighted by Gasteiger charge is 2.41. The molecule has 4 rings (SSSR count). The number of anilines is 1. The maximum atomic E-state index is 13.1. The smallest absolute Gasteiger partial charge is 0.282 e. The van der Waals surface area contributed by atoms with Crippen LogP contribution in [-0.4, -0.2) is 29.7 Å². The van der Waals surface area contributed by atoms with Crippen molar-refractivity contribution in [2.45, 2.75) is 32.2 Å². The molecule has 0 saturated carbocycles. The van der Waals surface area contributed by atoms with Crippen LogP contribution in [0, 0.1) is 5.92 Å². The van der Waals surface area contributed by atoms with Gasteiger partial charge in [0.25, 0.3) is 5.91 Å². The summed E-state index contributed by atoms with van der Waals surface area (Å²) >= 11 is 17.7. The second-order valence-corrected chi connectivity index (χ2v) is 10.0. The number of benzene rings is 1. The average Bonchev–Trinajstić information content (AvgIpc) is 3.25. The van der Waals surface area contributed by atoms with Crippen LogP contribution in [0.2, 0.25) is 10.0 Å². The van der Waals surface area contributed by atoms with Crippen LogP contribution in [0.15, 0.2) is 39.2 Å². The highest BCUT2D eigenvalue weighted by atomic mass is 79.9. The number of piperidine rings is 1. The zero-order chi connectivity index (χ0) is 20.5. The molecule has 2 aliphatic rings. The molecule has 29 heavy (non-hydrogen) atoms. The Morgan fingerprint density at radius 2 is 2.00 bits per heavy atom. The number of hydrazine groups is 1. The van der Waals surface area contributed by atoms with Crippen molar-refractivity contribution in [1.29, 1.82) is 0 Å². The normalized spacial score (nSPS) is 22.6. The van der Waals surface area contributed by atoms with E-state index < -0.39 is 0 Å². The topological polar surface area (TPSA) is 47.9 Å². The highest BCUT2D eigenvalue weighted by molar-refractivity contribution is 9.10. The van der Waals surface area contributed by atoms with Crippen molar-refractivity contribution in [3.05, 3.63) is 49.0 Å². The van der Waals surface area contributed by atoms with E-state index in [4.69, 9.17) is 28.3 Å².